The van der Waals surface area contributed by atoms with Gasteiger partial charge in [0.2, 0.25) is 0 Å². The van der Waals surface area contributed by atoms with Crippen LogP contribution in [0.1, 0.15) is 30.6 Å². The van der Waals surface area contributed by atoms with Crippen molar-refractivity contribution in [3.63, 3.8) is 0 Å². The van der Waals surface area contributed by atoms with Gasteiger partial charge in [-0.15, -0.1) is 0 Å². The zero-order valence-corrected chi connectivity index (χ0v) is 12.5. The number of hydrogen-bond acceptors (Lipinski definition) is 3. The van der Waals surface area contributed by atoms with Crippen molar-refractivity contribution in [2.75, 3.05) is 25.9 Å². The van der Waals surface area contributed by atoms with Gasteiger partial charge in [-0.05, 0) is 32.5 Å². The minimum Gasteiger partial charge on any atom is -0.398 e. The summed E-state index contributed by atoms with van der Waals surface area (Å²) in [6.45, 7) is 5.67. The van der Waals surface area contributed by atoms with E-state index in [1.54, 1.807) is 18.2 Å². The molecule has 0 fully saturated rings. The number of benzene rings is 1. The number of nitrogens with zero attached hydrogens (tertiary/aromatic N) is 1. The van der Waals surface area contributed by atoms with E-state index in [-0.39, 0.29) is 5.91 Å². The molecule has 1 aromatic carbocycles. The summed E-state index contributed by atoms with van der Waals surface area (Å²) in [6, 6.07) is 5.57. The molecule has 1 amide bonds. The Hall–Kier alpha value is -1.26. The summed E-state index contributed by atoms with van der Waals surface area (Å²) in [6.07, 6.45) is 1.09. The van der Waals surface area contributed by atoms with Crippen LogP contribution < -0.4 is 11.1 Å². The van der Waals surface area contributed by atoms with Crippen molar-refractivity contribution < 1.29 is 4.79 Å². The van der Waals surface area contributed by atoms with Crippen LogP contribution in [0.2, 0.25) is 5.02 Å². The highest BCUT2D eigenvalue weighted by Crippen LogP contribution is 2.21. The highest BCUT2D eigenvalue weighted by Gasteiger charge is 2.14. The quantitative estimate of drug-likeness (QED) is 0.788. The van der Waals surface area contributed by atoms with Gasteiger partial charge in [0.15, 0.2) is 0 Å². The third-order valence-corrected chi connectivity index (χ3v) is 3.68. The van der Waals surface area contributed by atoms with E-state index in [0.29, 0.717) is 28.9 Å². The van der Waals surface area contributed by atoms with E-state index in [9.17, 15) is 4.79 Å². The molecule has 106 valence electrons. The van der Waals surface area contributed by atoms with Crippen molar-refractivity contribution in [1.29, 1.82) is 0 Å². The molecule has 5 heteroatoms. The zero-order chi connectivity index (χ0) is 14.4. The van der Waals surface area contributed by atoms with Gasteiger partial charge >= 0.3 is 0 Å². The Labute approximate surface area is 119 Å². The number of anilines is 1. The van der Waals surface area contributed by atoms with Crippen LogP contribution in [0.3, 0.4) is 0 Å². The van der Waals surface area contributed by atoms with Crippen molar-refractivity contribution in [2.45, 2.75) is 26.3 Å². The molecular formula is C14H22ClN3O. The Kier molecular flexibility index (Phi) is 6.12. The van der Waals surface area contributed by atoms with E-state index < -0.39 is 0 Å². The van der Waals surface area contributed by atoms with Gasteiger partial charge in [-0.2, -0.15) is 0 Å². The number of nitrogens with one attached hydrogen (secondary N) is 1. The molecule has 0 spiro atoms. The molecule has 0 bridgehead atoms. The van der Waals surface area contributed by atoms with Crippen molar-refractivity contribution in [1.82, 2.24) is 10.2 Å². The number of nitrogens with two attached hydrogens (primary N) is 1. The molecular weight excluding hydrogens is 262 g/mol. The lowest BCUT2D eigenvalue weighted by molar-refractivity contribution is 0.0948. The van der Waals surface area contributed by atoms with Crippen molar-refractivity contribution >= 4 is 23.2 Å². The van der Waals surface area contributed by atoms with Crippen molar-refractivity contribution in [3.05, 3.63) is 28.8 Å². The molecule has 0 aromatic heterocycles. The van der Waals surface area contributed by atoms with Crippen LogP contribution in [0.4, 0.5) is 5.69 Å². The topological polar surface area (TPSA) is 58.4 Å². The van der Waals surface area contributed by atoms with Crippen LogP contribution in [0.25, 0.3) is 0 Å². The first-order chi connectivity index (χ1) is 8.97. The smallest absolute Gasteiger partial charge is 0.254 e. The monoisotopic (exact) mass is 283 g/mol. The maximum absolute atomic E-state index is 12.0. The molecule has 19 heavy (non-hydrogen) atoms. The molecule has 0 aliphatic rings. The maximum atomic E-state index is 12.0. The second-order valence-electron chi connectivity index (χ2n) is 4.70. The molecule has 0 heterocycles. The van der Waals surface area contributed by atoms with Gasteiger partial charge in [0.05, 0.1) is 10.6 Å². The maximum Gasteiger partial charge on any atom is 0.254 e. The Bertz CT molecular complexity index is 416. The standard InChI is InChI=1S/C14H22ClN3O/c1-4-10(2)18(3)9-8-17-14(19)13-11(15)6-5-7-12(13)16/h5-7,10H,4,8-9,16H2,1-3H3,(H,17,19). The van der Waals surface area contributed by atoms with Gasteiger partial charge in [-0.25, -0.2) is 0 Å². The van der Waals surface area contributed by atoms with Crippen LogP contribution in [-0.2, 0) is 0 Å². The molecule has 0 aliphatic carbocycles. The lowest BCUT2D eigenvalue weighted by Gasteiger charge is -2.23. The number of carbonyl (C=O) groups excluding carboxylic acids is 1. The summed E-state index contributed by atoms with van der Waals surface area (Å²) in [7, 11) is 2.05. The van der Waals surface area contributed by atoms with Crippen molar-refractivity contribution in [3.8, 4) is 0 Å². The average Bonchev–Trinajstić information content (AvgIpc) is 2.37. The van der Waals surface area contributed by atoms with Crippen molar-refractivity contribution in [2.24, 2.45) is 0 Å². The number of hydrogen-bond donors (Lipinski definition) is 2. The SMILES string of the molecule is CCC(C)N(C)CCNC(=O)c1c(N)cccc1Cl. The fourth-order valence-corrected chi connectivity index (χ4v) is 2.01. The van der Waals surface area contributed by atoms with Crippen LogP contribution in [0, 0.1) is 0 Å². The fourth-order valence-electron chi connectivity index (χ4n) is 1.75. The highest BCUT2D eigenvalue weighted by molar-refractivity contribution is 6.34. The Balaban J connectivity index is 2.53. The molecule has 1 rings (SSSR count). The number of halogens is 1. The molecule has 3 N–H and O–H groups in total. The second-order valence-corrected chi connectivity index (χ2v) is 5.11. The van der Waals surface area contributed by atoms with Crippen LogP contribution in [0.5, 0.6) is 0 Å². The first kappa shape index (κ1) is 15.8. The fraction of sp³-hybridized carbons (Fsp3) is 0.500. The molecule has 4 nitrogen and oxygen atoms in total. The summed E-state index contributed by atoms with van der Waals surface area (Å²) in [4.78, 5) is 14.2. The number of likely N-dealkylation sites (N-methyl/N-ethyl adjacent to an activating group) is 1. The van der Waals surface area contributed by atoms with Gasteiger partial charge in [0, 0.05) is 24.8 Å². The summed E-state index contributed by atoms with van der Waals surface area (Å²) in [5, 5.41) is 3.23. The number of amides is 1. The lowest BCUT2D eigenvalue weighted by Crippen LogP contribution is -2.37. The summed E-state index contributed by atoms with van der Waals surface area (Å²) >= 11 is 5.99. The van der Waals surface area contributed by atoms with Gasteiger partial charge in [0.25, 0.3) is 5.91 Å². The largest absolute Gasteiger partial charge is 0.398 e. The third kappa shape index (κ3) is 4.40. The van der Waals surface area contributed by atoms with Crippen LogP contribution in [0.15, 0.2) is 18.2 Å². The molecule has 0 saturated carbocycles. The van der Waals surface area contributed by atoms with E-state index in [1.165, 1.54) is 0 Å². The van der Waals surface area contributed by atoms with E-state index in [1.807, 2.05) is 7.05 Å². The molecule has 1 aromatic rings. The number of carbonyl (C=O) groups is 1. The zero-order valence-electron chi connectivity index (χ0n) is 11.7. The molecule has 1 atom stereocenters. The van der Waals surface area contributed by atoms with E-state index in [4.69, 9.17) is 17.3 Å². The summed E-state index contributed by atoms with van der Waals surface area (Å²) in [5.41, 5.74) is 6.53. The van der Waals surface area contributed by atoms with Gasteiger partial charge in [-0.3, -0.25) is 4.79 Å². The minimum absolute atomic E-state index is 0.222. The first-order valence-electron chi connectivity index (χ1n) is 6.49. The Morgan fingerprint density at radius 2 is 2.21 bits per heavy atom. The van der Waals surface area contributed by atoms with Gasteiger partial charge in [-0.1, -0.05) is 24.6 Å². The number of nitrogen functional groups attached to an aromatic ring is 1. The third-order valence-electron chi connectivity index (χ3n) is 3.37. The van der Waals surface area contributed by atoms with E-state index in [0.717, 1.165) is 13.0 Å². The lowest BCUT2D eigenvalue weighted by atomic mass is 10.1. The normalized spacial score (nSPS) is 12.5. The van der Waals surface area contributed by atoms with Gasteiger partial charge < -0.3 is 16.0 Å². The predicted octanol–water partition coefficient (Wildman–Crippen LogP) is 2.38. The first-order valence-corrected chi connectivity index (χ1v) is 6.87. The number of rotatable bonds is 6. The Morgan fingerprint density at radius 1 is 1.53 bits per heavy atom. The Morgan fingerprint density at radius 3 is 2.79 bits per heavy atom. The summed E-state index contributed by atoms with van der Waals surface area (Å²) < 4.78 is 0. The molecule has 0 aliphatic heterocycles. The highest BCUT2D eigenvalue weighted by atomic mass is 35.5. The predicted molar refractivity (Wildman–Crippen MR) is 80.6 cm³/mol. The van der Waals surface area contributed by atoms with E-state index in [2.05, 4.69) is 24.1 Å². The van der Waals surface area contributed by atoms with E-state index >= 15 is 0 Å². The van der Waals surface area contributed by atoms with Crippen LogP contribution >= 0.6 is 11.6 Å². The molecule has 1 unspecified atom stereocenters. The van der Waals surface area contributed by atoms with Gasteiger partial charge in [0.1, 0.15) is 0 Å². The second kappa shape index (κ2) is 7.36. The minimum atomic E-state index is -0.222. The molecule has 0 radical (unpaired) electrons. The average molecular weight is 284 g/mol. The summed E-state index contributed by atoms with van der Waals surface area (Å²) in [5.74, 6) is -0.222. The molecule has 0 saturated heterocycles. The van der Waals surface area contributed by atoms with Crippen LogP contribution in [-0.4, -0.2) is 37.0 Å².